The first-order valence-corrected chi connectivity index (χ1v) is 8.38. The molecular formula is C21H22FN3O. The number of anilines is 1. The number of halogens is 1. The van der Waals surface area contributed by atoms with Crippen LogP contribution in [0.4, 0.5) is 10.1 Å². The van der Waals surface area contributed by atoms with Gasteiger partial charge in [0.15, 0.2) is 0 Å². The number of carbonyl (C=O) groups excluding carboxylic acids is 1. The van der Waals surface area contributed by atoms with Crippen LogP contribution in [-0.2, 0) is 11.2 Å². The van der Waals surface area contributed by atoms with Gasteiger partial charge in [-0.05, 0) is 56.0 Å². The molecule has 0 saturated heterocycles. The second-order valence-corrected chi connectivity index (χ2v) is 6.23. The van der Waals surface area contributed by atoms with E-state index < -0.39 is 5.91 Å². The highest BCUT2D eigenvalue weighted by molar-refractivity contribution is 6.07. The van der Waals surface area contributed by atoms with Crippen molar-refractivity contribution in [3.8, 4) is 6.07 Å². The second-order valence-electron chi connectivity index (χ2n) is 6.23. The van der Waals surface area contributed by atoms with Gasteiger partial charge in [-0.25, -0.2) is 4.39 Å². The van der Waals surface area contributed by atoms with Crippen LogP contribution in [-0.4, -0.2) is 12.5 Å². The van der Waals surface area contributed by atoms with Crippen molar-refractivity contribution in [2.75, 3.05) is 11.9 Å². The molecule has 2 aromatic carbocycles. The molecule has 0 aliphatic rings. The molecule has 0 unspecified atom stereocenters. The molecule has 0 aromatic heterocycles. The third-order valence-corrected chi connectivity index (χ3v) is 3.97. The lowest BCUT2D eigenvalue weighted by molar-refractivity contribution is -0.112. The average molecular weight is 351 g/mol. The Bertz CT molecular complexity index is 858. The lowest BCUT2D eigenvalue weighted by Crippen LogP contribution is -2.19. The van der Waals surface area contributed by atoms with Crippen molar-refractivity contribution in [2.45, 2.75) is 27.2 Å². The number of carbonyl (C=O) groups is 1. The van der Waals surface area contributed by atoms with Gasteiger partial charge >= 0.3 is 0 Å². The van der Waals surface area contributed by atoms with Gasteiger partial charge in [-0.1, -0.05) is 29.8 Å². The van der Waals surface area contributed by atoms with Crippen molar-refractivity contribution < 1.29 is 9.18 Å². The number of hydrogen-bond acceptors (Lipinski definition) is 3. The third kappa shape index (κ3) is 5.18. The minimum atomic E-state index is -0.458. The van der Waals surface area contributed by atoms with E-state index in [0.717, 1.165) is 27.9 Å². The van der Waals surface area contributed by atoms with E-state index in [0.29, 0.717) is 13.0 Å². The van der Waals surface area contributed by atoms with E-state index in [4.69, 9.17) is 0 Å². The topological polar surface area (TPSA) is 64.9 Å². The molecule has 2 aromatic rings. The molecule has 0 fully saturated rings. The van der Waals surface area contributed by atoms with E-state index in [2.05, 4.69) is 10.6 Å². The fourth-order valence-electron chi connectivity index (χ4n) is 2.79. The lowest BCUT2D eigenvalue weighted by atomic mass is 10.0. The summed E-state index contributed by atoms with van der Waals surface area (Å²) in [7, 11) is 0. The third-order valence-electron chi connectivity index (χ3n) is 3.97. The zero-order valence-electron chi connectivity index (χ0n) is 15.2. The molecule has 0 radical (unpaired) electrons. The monoisotopic (exact) mass is 351 g/mol. The van der Waals surface area contributed by atoms with E-state index in [9.17, 15) is 14.4 Å². The fraction of sp³-hybridized carbons (Fsp3) is 0.238. The van der Waals surface area contributed by atoms with Crippen molar-refractivity contribution >= 4 is 11.6 Å². The summed E-state index contributed by atoms with van der Waals surface area (Å²) in [6.45, 7) is 6.32. The summed E-state index contributed by atoms with van der Waals surface area (Å²) in [4.78, 5) is 12.4. The molecule has 5 heteroatoms. The SMILES string of the molecule is Cc1cc(C)c(NC(=O)/C(C#N)=C\NCCc2cccc(F)c2)c(C)c1. The fourth-order valence-corrected chi connectivity index (χ4v) is 2.79. The van der Waals surface area contributed by atoms with Crippen LogP contribution < -0.4 is 10.6 Å². The Morgan fingerprint density at radius 1 is 1.19 bits per heavy atom. The predicted octanol–water partition coefficient (Wildman–Crippen LogP) is 3.93. The first-order chi connectivity index (χ1) is 12.4. The summed E-state index contributed by atoms with van der Waals surface area (Å²) in [5.74, 6) is -0.736. The van der Waals surface area contributed by atoms with Crippen LogP contribution in [0.15, 0.2) is 48.2 Å². The second kappa shape index (κ2) is 8.82. The number of aryl methyl sites for hydroxylation is 3. The first-order valence-electron chi connectivity index (χ1n) is 8.38. The van der Waals surface area contributed by atoms with Crippen molar-refractivity contribution in [1.82, 2.24) is 5.32 Å². The van der Waals surface area contributed by atoms with Crippen molar-refractivity contribution in [3.05, 3.63) is 76.2 Å². The molecule has 0 aliphatic heterocycles. The minimum absolute atomic E-state index is 0.0105. The zero-order valence-corrected chi connectivity index (χ0v) is 15.2. The standard InChI is InChI=1S/C21H22FN3O/c1-14-9-15(2)20(16(3)10-14)25-21(26)18(12-23)13-24-8-7-17-5-4-6-19(22)11-17/h4-6,9-11,13,24H,7-8H2,1-3H3,(H,25,26)/b18-13-. The number of hydrogen-bond donors (Lipinski definition) is 2. The van der Waals surface area contributed by atoms with E-state index in [1.54, 1.807) is 6.07 Å². The highest BCUT2D eigenvalue weighted by atomic mass is 19.1. The minimum Gasteiger partial charge on any atom is -0.389 e. The summed E-state index contributed by atoms with van der Waals surface area (Å²) in [5.41, 5.74) is 4.58. The van der Waals surface area contributed by atoms with Gasteiger partial charge in [0.05, 0.1) is 0 Å². The summed E-state index contributed by atoms with van der Waals surface area (Å²) in [6, 6.07) is 12.2. The highest BCUT2D eigenvalue weighted by Crippen LogP contribution is 2.22. The van der Waals surface area contributed by atoms with Crippen LogP contribution in [0.1, 0.15) is 22.3 Å². The quantitative estimate of drug-likeness (QED) is 0.471. The van der Waals surface area contributed by atoms with Gasteiger partial charge < -0.3 is 10.6 Å². The van der Waals surface area contributed by atoms with Gasteiger partial charge in [-0.3, -0.25) is 4.79 Å². The van der Waals surface area contributed by atoms with Crippen LogP contribution in [0.5, 0.6) is 0 Å². The lowest BCUT2D eigenvalue weighted by Gasteiger charge is -2.12. The molecule has 0 spiro atoms. The van der Waals surface area contributed by atoms with Crippen molar-refractivity contribution in [1.29, 1.82) is 5.26 Å². The van der Waals surface area contributed by atoms with E-state index >= 15 is 0 Å². The Balaban J connectivity index is 1.98. The van der Waals surface area contributed by atoms with Gasteiger partial charge in [0.1, 0.15) is 17.5 Å². The smallest absolute Gasteiger partial charge is 0.267 e. The van der Waals surface area contributed by atoms with Gasteiger partial charge in [-0.2, -0.15) is 5.26 Å². The summed E-state index contributed by atoms with van der Waals surface area (Å²) >= 11 is 0. The Morgan fingerprint density at radius 3 is 2.50 bits per heavy atom. The van der Waals surface area contributed by atoms with Gasteiger partial charge in [0.2, 0.25) is 0 Å². The van der Waals surface area contributed by atoms with E-state index in [-0.39, 0.29) is 11.4 Å². The summed E-state index contributed by atoms with van der Waals surface area (Å²) in [5, 5.41) is 15.0. The maximum Gasteiger partial charge on any atom is 0.267 e. The molecule has 0 bridgehead atoms. The zero-order chi connectivity index (χ0) is 19.1. The number of nitrogens with zero attached hydrogens (tertiary/aromatic N) is 1. The van der Waals surface area contributed by atoms with Crippen molar-refractivity contribution in [2.24, 2.45) is 0 Å². The highest BCUT2D eigenvalue weighted by Gasteiger charge is 2.12. The number of rotatable bonds is 6. The molecule has 0 saturated carbocycles. The maximum absolute atomic E-state index is 13.1. The Labute approximate surface area is 153 Å². The molecule has 1 amide bonds. The Morgan fingerprint density at radius 2 is 1.88 bits per heavy atom. The molecule has 0 atom stereocenters. The van der Waals surface area contributed by atoms with Crippen LogP contribution in [0.2, 0.25) is 0 Å². The molecule has 134 valence electrons. The molecule has 0 heterocycles. The van der Waals surface area contributed by atoms with Crippen molar-refractivity contribution in [3.63, 3.8) is 0 Å². The van der Waals surface area contributed by atoms with E-state index in [1.165, 1.54) is 18.3 Å². The largest absolute Gasteiger partial charge is 0.389 e. The van der Waals surface area contributed by atoms with Crippen LogP contribution in [0, 0.1) is 37.9 Å². The molecule has 26 heavy (non-hydrogen) atoms. The Hall–Kier alpha value is -3.13. The predicted molar refractivity (Wildman–Crippen MR) is 101 cm³/mol. The van der Waals surface area contributed by atoms with Gasteiger partial charge in [0, 0.05) is 18.4 Å². The maximum atomic E-state index is 13.1. The number of amides is 1. The molecule has 0 aliphatic carbocycles. The number of benzene rings is 2. The average Bonchev–Trinajstić information content (AvgIpc) is 2.58. The number of nitrogens with one attached hydrogen (secondary N) is 2. The van der Waals surface area contributed by atoms with Gasteiger partial charge in [0.25, 0.3) is 5.91 Å². The molecule has 4 nitrogen and oxygen atoms in total. The normalized spacial score (nSPS) is 11.0. The first kappa shape index (κ1) is 19.2. The number of nitriles is 1. The molecular weight excluding hydrogens is 329 g/mol. The van der Waals surface area contributed by atoms with Crippen LogP contribution in [0.3, 0.4) is 0 Å². The summed E-state index contributed by atoms with van der Waals surface area (Å²) in [6.07, 6.45) is 1.98. The van der Waals surface area contributed by atoms with Crippen LogP contribution in [0.25, 0.3) is 0 Å². The molecule has 2 rings (SSSR count). The Kier molecular flexibility index (Phi) is 6.51. The summed E-state index contributed by atoms with van der Waals surface area (Å²) < 4.78 is 13.1. The van der Waals surface area contributed by atoms with Crippen LogP contribution >= 0.6 is 0 Å². The molecule has 2 N–H and O–H groups in total. The van der Waals surface area contributed by atoms with E-state index in [1.807, 2.05) is 45.0 Å². The van der Waals surface area contributed by atoms with Gasteiger partial charge in [-0.15, -0.1) is 0 Å².